The molecule has 5 heterocycles. The number of piperidine rings is 1. The smallest absolute Gasteiger partial charge is 0.274 e. The number of likely N-dealkylation sites (tertiary alicyclic amines) is 1. The van der Waals surface area contributed by atoms with Crippen molar-refractivity contribution in [2.75, 3.05) is 37.7 Å². The summed E-state index contributed by atoms with van der Waals surface area (Å²) in [6.45, 7) is 3.13. The fraction of sp³-hybridized carbons (Fsp3) is 0.381. The lowest BCUT2D eigenvalue weighted by Crippen LogP contribution is -2.58. The lowest BCUT2D eigenvalue weighted by Gasteiger charge is -2.47. The molecule has 0 unspecified atom stereocenters. The third-order valence-electron chi connectivity index (χ3n) is 5.91. The Bertz CT molecular complexity index is 1130. The molecule has 3 aromatic heterocycles. The number of imidazole rings is 1. The van der Waals surface area contributed by atoms with E-state index in [4.69, 9.17) is 4.74 Å². The molecule has 0 radical (unpaired) electrons. The monoisotopic (exact) mass is 403 g/mol. The van der Waals surface area contributed by atoms with Crippen LogP contribution in [0.2, 0.25) is 0 Å². The van der Waals surface area contributed by atoms with E-state index in [-0.39, 0.29) is 11.5 Å². The summed E-state index contributed by atoms with van der Waals surface area (Å²) >= 11 is 0. The molecule has 0 bridgehead atoms. The molecule has 9 heteroatoms. The average molecular weight is 403 g/mol. The number of morpholine rings is 1. The van der Waals surface area contributed by atoms with Gasteiger partial charge in [0.25, 0.3) is 5.91 Å². The molecule has 0 aromatic carbocycles. The maximum Gasteiger partial charge on any atom is 0.274 e. The number of anilines is 1. The third-order valence-corrected chi connectivity index (χ3v) is 5.91. The lowest BCUT2D eigenvalue weighted by molar-refractivity contribution is -0.0870. The van der Waals surface area contributed by atoms with Gasteiger partial charge in [0.1, 0.15) is 11.9 Å². The minimum atomic E-state index is -0.336. The number of rotatable bonds is 2. The summed E-state index contributed by atoms with van der Waals surface area (Å²) in [6, 6.07) is 9.41. The second-order valence-electron chi connectivity index (χ2n) is 7.67. The molecule has 0 aliphatic carbocycles. The standard InChI is InChI=1S/C21H21N7O2/c22-13-16-3-1-7-23-19(16)27-11-12-30-21(15-27)5-9-26(10-6-21)20(29)17-14-24-18-4-2-8-25-28(17)18/h1-4,7-8,14H,5-6,9-12,15H2. The second-order valence-corrected chi connectivity index (χ2v) is 7.67. The largest absolute Gasteiger partial charge is 0.371 e. The highest BCUT2D eigenvalue weighted by Crippen LogP contribution is 2.33. The van der Waals surface area contributed by atoms with Crippen molar-refractivity contribution < 1.29 is 9.53 Å². The number of nitrogens with zero attached hydrogens (tertiary/aromatic N) is 7. The molecule has 9 nitrogen and oxygen atoms in total. The van der Waals surface area contributed by atoms with Crippen LogP contribution in [0.1, 0.15) is 28.9 Å². The highest BCUT2D eigenvalue weighted by molar-refractivity contribution is 5.93. The van der Waals surface area contributed by atoms with Gasteiger partial charge in [-0.05, 0) is 37.1 Å². The highest BCUT2D eigenvalue weighted by Gasteiger charge is 2.41. The van der Waals surface area contributed by atoms with Gasteiger partial charge in [-0.25, -0.2) is 14.5 Å². The van der Waals surface area contributed by atoms with Gasteiger partial charge in [-0.3, -0.25) is 4.79 Å². The maximum atomic E-state index is 13.0. The van der Waals surface area contributed by atoms with Crippen LogP contribution in [0.4, 0.5) is 5.82 Å². The van der Waals surface area contributed by atoms with Crippen molar-refractivity contribution in [3.63, 3.8) is 0 Å². The molecule has 1 spiro atoms. The molecule has 30 heavy (non-hydrogen) atoms. The van der Waals surface area contributed by atoms with Gasteiger partial charge >= 0.3 is 0 Å². The lowest BCUT2D eigenvalue weighted by atomic mass is 9.89. The number of carbonyl (C=O) groups is 1. The zero-order valence-electron chi connectivity index (χ0n) is 16.4. The zero-order chi connectivity index (χ0) is 20.6. The van der Waals surface area contributed by atoms with Crippen molar-refractivity contribution in [1.82, 2.24) is 24.5 Å². The van der Waals surface area contributed by atoms with Crippen LogP contribution in [0.3, 0.4) is 0 Å². The number of hydrogen-bond donors (Lipinski definition) is 0. The molecular weight excluding hydrogens is 382 g/mol. The predicted molar refractivity (Wildman–Crippen MR) is 108 cm³/mol. The summed E-state index contributed by atoms with van der Waals surface area (Å²) in [5.41, 5.74) is 1.36. The number of pyridine rings is 1. The van der Waals surface area contributed by atoms with Crippen molar-refractivity contribution in [3.8, 4) is 6.07 Å². The van der Waals surface area contributed by atoms with Gasteiger partial charge in [0, 0.05) is 38.6 Å². The molecule has 0 N–H and O–H groups in total. The van der Waals surface area contributed by atoms with E-state index in [0.717, 1.165) is 12.8 Å². The first-order valence-corrected chi connectivity index (χ1v) is 10.0. The Balaban J connectivity index is 1.30. The average Bonchev–Trinajstić information content (AvgIpc) is 3.23. The molecule has 1 amide bonds. The zero-order valence-corrected chi connectivity index (χ0v) is 16.4. The van der Waals surface area contributed by atoms with E-state index in [0.29, 0.717) is 55.5 Å². The molecule has 2 aliphatic rings. The topological polar surface area (TPSA) is 99.7 Å². The number of amides is 1. The summed E-state index contributed by atoms with van der Waals surface area (Å²) in [5.74, 6) is 0.637. The van der Waals surface area contributed by atoms with Crippen LogP contribution in [0.15, 0.2) is 42.9 Å². The number of nitriles is 1. The number of carbonyl (C=O) groups excluding carboxylic acids is 1. The van der Waals surface area contributed by atoms with Crippen LogP contribution < -0.4 is 4.90 Å². The SMILES string of the molecule is N#Cc1cccnc1N1CCOC2(CCN(C(=O)c3cnc4cccnn34)CC2)C1. The summed E-state index contributed by atoms with van der Waals surface area (Å²) in [7, 11) is 0. The first kappa shape index (κ1) is 18.5. The summed E-state index contributed by atoms with van der Waals surface area (Å²) < 4.78 is 7.78. The molecule has 0 atom stereocenters. The molecule has 3 aromatic rings. The van der Waals surface area contributed by atoms with E-state index in [1.165, 1.54) is 0 Å². The highest BCUT2D eigenvalue weighted by atomic mass is 16.5. The Morgan fingerprint density at radius 2 is 1.97 bits per heavy atom. The minimum Gasteiger partial charge on any atom is -0.371 e. The van der Waals surface area contributed by atoms with Gasteiger partial charge in [0.2, 0.25) is 0 Å². The Kier molecular flexibility index (Phi) is 4.56. The minimum absolute atomic E-state index is 0.0693. The number of fused-ring (bicyclic) bond motifs is 1. The Hall–Kier alpha value is -3.51. The Morgan fingerprint density at radius 3 is 2.80 bits per heavy atom. The van der Waals surface area contributed by atoms with Crippen molar-refractivity contribution >= 4 is 17.4 Å². The van der Waals surface area contributed by atoms with Gasteiger partial charge in [0.15, 0.2) is 11.3 Å². The molecule has 152 valence electrons. The van der Waals surface area contributed by atoms with Crippen LogP contribution in [0, 0.1) is 11.3 Å². The second kappa shape index (κ2) is 7.39. The Morgan fingerprint density at radius 1 is 1.13 bits per heavy atom. The van der Waals surface area contributed by atoms with Gasteiger partial charge in [-0.1, -0.05) is 0 Å². The summed E-state index contributed by atoms with van der Waals surface area (Å²) in [5, 5.41) is 13.7. The fourth-order valence-corrected chi connectivity index (χ4v) is 4.32. The van der Waals surface area contributed by atoms with Crippen LogP contribution in [0.5, 0.6) is 0 Å². The van der Waals surface area contributed by atoms with Gasteiger partial charge in [-0.2, -0.15) is 10.4 Å². The molecule has 5 rings (SSSR count). The van der Waals surface area contributed by atoms with E-state index >= 15 is 0 Å². The van der Waals surface area contributed by atoms with Gasteiger partial charge in [0.05, 0.1) is 24.0 Å². The molecular formula is C21H21N7O2. The number of aromatic nitrogens is 4. The van der Waals surface area contributed by atoms with Crippen LogP contribution in [0.25, 0.3) is 5.65 Å². The van der Waals surface area contributed by atoms with Crippen LogP contribution >= 0.6 is 0 Å². The van der Waals surface area contributed by atoms with Crippen molar-refractivity contribution in [3.05, 3.63) is 54.1 Å². The fourth-order valence-electron chi connectivity index (χ4n) is 4.32. The number of hydrogen-bond acceptors (Lipinski definition) is 7. The molecule has 2 saturated heterocycles. The van der Waals surface area contributed by atoms with E-state index in [9.17, 15) is 10.1 Å². The van der Waals surface area contributed by atoms with E-state index in [1.54, 1.807) is 41.3 Å². The van der Waals surface area contributed by atoms with Crippen molar-refractivity contribution in [2.24, 2.45) is 0 Å². The van der Waals surface area contributed by atoms with Crippen molar-refractivity contribution in [2.45, 2.75) is 18.4 Å². The Labute approximate surface area is 173 Å². The first-order chi connectivity index (χ1) is 14.7. The van der Waals surface area contributed by atoms with Crippen LogP contribution in [-0.4, -0.2) is 68.8 Å². The predicted octanol–water partition coefficient (Wildman–Crippen LogP) is 1.51. The van der Waals surface area contributed by atoms with Gasteiger partial charge < -0.3 is 14.5 Å². The molecule has 2 aliphatic heterocycles. The van der Waals surface area contributed by atoms with E-state index in [1.807, 2.05) is 11.0 Å². The third kappa shape index (κ3) is 3.15. The quantitative estimate of drug-likeness (QED) is 0.639. The van der Waals surface area contributed by atoms with Crippen molar-refractivity contribution in [1.29, 1.82) is 5.26 Å². The van der Waals surface area contributed by atoms with E-state index in [2.05, 4.69) is 26.0 Å². The number of ether oxygens (including phenoxy) is 1. The van der Waals surface area contributed by atoms with Crippen LogP contribution in [-0.2, 0) is 4.74 Å². The summed E-state index contributed by atoms with van der Waals surface area (Å²) in [6.07, 6.45) is 6.40. The molecule has 2 fully saturated rings. The van der Waals surface area contributed by atoms with E-state index < -0.39 is 0 Å². The summed E-state index contributed by atoms with van der Waals surface area (Å²) in [4.78, 5) is 25.7. The maximum absolute atomic E-state index is 13.0. The van der Waals surface area contributed by atoms with Gasteiger partial charge in [-0.15, -0.1) is 0 Å². The molecule has 0 saturated carbocycles. The normalized spacial score (nSPS) is 18.5. The first-order valence-electron chi connectivity index (χ1n) is 10.0.